The summed E-state index contributed by atoms with van der Waals surface area (Å²) in [7, 11) is 1.59. The Morgan fingerprint density at radius 3 is 2.77 bits per heavy atom. The van der Waals surface area contributed by atoms with Gasteiger partial charge in [-0.1, -0.05) is 12.5 Å². The molecule has 4 rings (SSSR count). The SMILES string of the molecule is COc1cccc2[nH]c(C(=O)CC(CN3CCCCC3)C(=O)N[C@H](C#N)C[C@@H]3CCNC3=O)cc12. The van der Waals surface area contributed by atoms with E-state index >= 15 is 0 Å². The number of hydrogen-bond donors (Lipinski definition) is 3. The summed E-state index contributed by atoms with van der Waals surface area (Å²) in [4.78, 5) is 43.9. The molecule has 35 heavy (non-hydrogen) atoms. The Morgan fingerprint density at radius 1 is 1.29 bits per heavy atom. The molecule has 3 N–H and O–H groups in total. The third kappa shape index (κ3) is 6.01. The molecular formula is C26H33N5O4. The Balaban J connectivity index is 1.48. The number of nitrogens with one attached hydrogen (secondary N) is 3. The predicted molar refractivity (Wildman–Crippen MR) is 131 cm³/mol. The van der Waals surface area contributed by atoms with E-state index in [9.17, 15) is 19.6 Å². The molecule has 2 aromatic rings. The van der Waals surface area contributed by atoms with Crippen molar-refractivity contribution in [1.29, 1.82) is 5.26 Å². The summed E-state index contributed by atoms with van der Waals surface area (Å²) in [5.74, 6) is -0.751. The second-order valence-electron chi connectivity index (χ2n) is 9.49. The Labute approximate surface area is 205 Å². The lowest BCUT2D eigenvalue weighted by Gasteiger charge is -2.30. The first-order valence-electron chi connectivity index (χ1n) is 12.4. The predicted octanol–water partition coefficient (Wildman–Crippen LogP) is 2.39. The molecule has 1 aromatic carbocycles. The van der Waals surface area contributed by atoms with Gasteiger partial charge in [0.05, 0.1) is 24.8 Å². The second kappa shape index (κ2) is 11.4. The quantitative estimate of drug-likeness (QED) is 0.449. The third-order valence-electron chi connectivity index (χ3n) is 7.03. The van der Waals surface area contributed by atoms with Crippen LogP contribution in [-0.2, 0) is 9.59 Å². The fraction of sp³-hybridized carbons (Fsp3) is 0.538. The van der Waals surface area contributed by atoms with E-state index in [1.54, 1.807) is 13.2 Å². The van der Waals surface area contributed by atoms with Crippen molar-refractivity contribution >= 4 is 28.5 Å². The summed E-state index contributed by atoms with van der Waals surface area (Å²) in [6.45, 7) is 2.84. The largest absolute Gasteiger partial charge is 0.496 e. The van der Waals surface area contributed by atoms with Gasteiger partial charge in [-0.3, -0.25) is 14.4 Å². The molecule has 1 unspecified atom stereocenters. The van der Waals surface area contributed by atoms with Gasteiger partial charge in [0.25, 0.3) is 0 Å². The Kier molecular flexibility index (Phi) is 8.03. The van der Waals surface area contributed by atoms with Crippen molar-refractivity contribution in [3.8, 4) is 11.8 Å². The lowest BCUT2D eigenvalue weighted by Crippen LogP contribution is -2.45. The molecule has 3 atom stereocenters. The third-order valence-corrected chi connectivity index (χ3v) is 7.03. The number of H-pyrrole nitrogens is 1. The van der Waals surface area contributed by atoms with E-state index in [1.807, 2.05) is 18.2 Å². The summed E-state index contributed by atoms with van der Waals surface area (Å²) in [5.41, 5.74) is 1.23. The molecule has 2 saturated heterocycles. The molecule has 0 bridgehead atoms. The van der Waals surface area contributed by atoms with Gasteiger partial charge in [0.2, 0.25) is 11.8 Å². The number of aromatic amines is 1. The van der Waals surface area contributed by atoms with Gasteiger partial charge in [-0.15, -0.1) is 0 Å². The standard InChI is InChI=1S/C26H33N5O4/c1-35-24-7-5-6-21-20(24)14-22(30-21)23(32)13-18(16-31-10-3-2-4-11-31)26(34)29-19(15-27)12-17-8-9-28-25(17)33/h5-7,14,17-19,30H,2-4,8-13,16H2,1H3,(H,28,33)(H,29,34)/t17-,18?,19-/m0/s1. The number of piperidine rings is 1. The molecule has 0 saturated carbocycles. The summed E-state index contributed by atoms with van der Waals surface area (Å²) < 4.78 is 5.40. The normalized spacial score (nSPS) is 20.1. The highest BCUT2D eigenvalue weighted by molar-refractivity contribution is 6.02. The number of ketones is 1. The van der Waals surface area contributed by atoms with Crippen molar-refractivity contribution < 1.29 is 19.1 Å². The van der Waals surface area contributed by atoms with Gasteiger partial charge >= 0.3 is 0 Å². The molecule has 2 amide bonds. The molecule has 0 spiro atoms. The zero-order chi connectivity index (χ0) is 24.8. The van der Waals surface area contributed by atoms with Gasteiger partial charge in [-0.05, 0) is 57.0 Å². The highest BCUT2D eigenvalue weighted by atomic mass is 16.5. The molecule has 3 heterocycles. The van der Waals surface area contributed by atoms with Crippen LogP contribution in [0.3, 0.4) is 0 Å². The minimum Gasteiger partial charge on any atom is -0.496 e. The minimum atomic E-state index is -0.771. The Hall–Kier alpha value is -3.38. The molecule has 2 aliphatic heterocycles. The van der Waals surface area contributed by atoms with Crippen LogP contribution in [0.4, 0.5) is 0 Å². The molecule has 2 fully saturated rings. The van der Waals surface area contributed by atoms with Gasteiger partial charge < -0.3 is 25.3 Å². The highest BCUT2D eigenvalue weighted by Gasteiger charge is 2.31. The number of nitrogens with zero attached hydrogens (tertiary/aromatic N) is 2. The number of carbonyl (C=O) groups excluding carboxylic acids is 3. The number of benzene rings is 1. The maximum Gasteiger partial charge on any atom is 0.225 e. The zero-order valence-electron chi connectivity index (χ0n) is 20.1. The number of nitriles is 1. The number of hydrogen-bond acceptors (Lipinski definition) is 6. The summed E-state index contributed by atoms with van der Waals surface area (Å²) in [6.07, 6.45) is 4.28. The van der Waals surface area contributed by atoms with E-state index in [2.05, 4.69) is 26.6 Å². The van der Waals surface area contributed by atoms with Crippen molar-refractivity contribution in [3.05, 3.63) is 30.0 Å². The smallest absolute Gasteiger partial charge is 0.225 e. The lowest BCUT2D eigenvalue weighted by molar-refractivity contribution is -0.127. The maximum absolute atomic E-state index is 13.3. The lowest BCUT2D eigenvalue weighted by atomic mass is 9.95. The van der Waals surface area contributed by atoms with E-state index in [4.69, 9.17) is 4.74 Å². The van der Waals surface area contributed by atoms with E-state index in [0.717, 1.165) is 36.8 Å². The summed E-state index contributed by atoms with van der Waals surface area (Å²) in [6, 6.07) is 8.69. The van der Waals surface area contributed by atoms with Crippen molar-refractivity contribution in [1.82, 2.24) is 20.5 Å². The van der Waals surface area contributed by atoms with Gasteiger partial charge in [-0.25, -0.2) is 0 Å². The monoisotopic (exact) mass is 479 g/mol. The number of likely N-dealkylation sites (tertiary alicyclic amines) is 1. The van der Waals surface area contributed by atoms with E-state index in [0.29, 0.717) is 31.0 Å². The van der Waals surface area contributed by atoms with Gasteiger partial charge in [0.15, 0.2) is 5.78 Å². The van der Waals surface area contributed by atoms with Crippen LogP contribution in [-0.4, -0.2) is 66.8 Å². The average molecular weight is 480 g/mol. The van der Waals surface area contributed by atoms with E-state index in [-0.39, 0.29) is 36.4 Å². The van der Waals surface area contributed by atoms with Crippen LogP contribution >= 0.6 is 0 Å². The fourth-order valence-electron chi connectivity index (χ4n) is 5.07. The molecule has 2 aliphatic rings. The number of aromatic nitrogens is 1. The number of Topliss-reactive ketones (excluding diaryl/α,β-unsaturated/α-hetero) is 1. The first-order chi connectivity index (χ1) is 17.0. The number of rotatable bonds is 10. The maximum atomic E-state index is 13.3. The van der Waals surface area contributed by atoms with Crippen LogP contribution in [0.25, 0.3) is 10.9 Å². The van der Waals surface area contributed by atoms with Gasteiger partial charge in [0.1, 0.15) is 11.8 Å². The van der Waals surface area contributed by atoms with Crippen LogP contribution in [0, 0.1) is 23.2 Å². The van der Waals surface area contributed by atoms with Gasteiger partial charge in [-0.2, -0.15) is 5.26 Å². The zero-order valence-corrected chi connectivity index (χ0v) is 20.1. The van der Waals surface area contributed by atoms with Crippen molar-refractivity contribution in [2.75, 3.05) is 33.3 Å². The summed E-state index contributed by atoms with van der Waals surface area (Å²) in [5, 5.41) is 16.0. The number of ether oxygens (including phenoxy) is 1. The van der Waals surface area contributed by atoms with Crippen LogP contribution < -0.4 is 15.4 Å². The number of amides is 2. The van der Waals surface area contributed by atoms with Crippen molar-refractivity contribution in [2.45, 2.75) is 44.6 Å². The van der Waals surface area contributed by atoms with Crippen LogP contribution in [0.5, 0.6) is 5.75 Å². The number of carbonyl (C=O) groups is 3. The van der Waals surface area contributed by atoms with Crippen molar-refractivity contribution in [2.24, 2.45) is 11.8 Å². The van der Waals surface area contributed by atoms with Crippen LogP contribution in [0.2, 0.25) is 0 Å². The average Bonchev–Trinajstić information content (AvgIpc) is 3.49. The first kappa shape index (κ1) is 24.7. The Bertz CT molecular complexity index is 1110. The highest BCUT2D eigenvalue weighted by Crippen LogP contribution is 2.27. The van der Waals surface area contributed by atoms with Gasteiger partial charge in [0, 0.05) is 36.3 Å². The first-order valence-corrected chi connectivity index (χ1v) is 12.4. The fourth-order valence-corrected chi connectivity index (χ4v) is 5.07. The number of methoxy groups -OCH3 is 1. The molecule has 0 aliphatic carbocycles. The van der Waals surface area contributed by atoms with E-state index in [1.165, 1.54) is 6.42 Å². The number of fused-ring (bicyclic) bond motifs is 1. The minimum absolute atomic E-state index is 0.0273. The Morgan fingerprint density at radius 2 is 2.09 bits per heavy atom. The molecule has 9 heteroatoms. The van der Waals surface area contributed by atoms with Crippen molar-refractivity contribution in [3.63, 3.8) is 0 Å². The molecule has 186 valence electrons. The molecule has 0 radical (unpaired) electrons. The second-order valence-corrected chi connectivity index (χ2v) is 9.49. The van der Waals surface area contributed by atoms with Crippen LogP contribution in [0.1, 0.15) is 49.0 Å². The van der Waals surface area contributed by atoms with Crippen LogP contribution in [0.15, 0.2) is 24.3 Å². The molecular weight excluding hydrogens is 446 g/mol. The van der Waals surface area contributed by atoms with E-state index < -0.39 is 12.0 Å². The molecule has 9 nitrogen and oxygen atoms in total. The molecule has 1 aromatic heterocycles. The summed E-state index contributed by atoms with van der Waals surface area (Å²) >= 11 is 0. The topological polar surface area (TPSA) is 127 Å².